The molecule has 0 aliphatic heterocycles. The van der Waals surface area contributed by atoms with E-state index in [0.29, 0.717) is 19.8 Å². The zero-order chi connectivity index (χ0) is 23.5. The van der Waals surface area contributed by atoms with Crippen LogP contribution in [0.4, 0.5) is 0 Å². The maximum absolute atomic E-state index is 13.5. The van der Waals surface area contributed by atoms with Crippen molar-refractivity contribution in [1.82, 2.24) is 3.97 Å². The molecule has 0 radical (unpaired) electrons. The maximum atomic E-state index is 13.5. The van der Waals surface area contributed by atoms with Gasteiger partial charge in [0.05, 0.1) is 15.8 Å². The Bertz CT molecular complexity index is 1740. The molecule has 33 heavy (non-hydrogen) atoms. The van der Waals surface area contributed by atoms with Gasteiger partial charge in [-0.3, -0.25) is 4.79 Å². The van der Waals surface area contributed by atoms with E-state index in [0.717, 1.165) is 9.54 Å². The molecule has 5 rings (SSSR count). The van der Waals surface area contributed by atoms with E-state index in [1.165, 1.54) is 6.20 Å². The Labute approximate surface area is 205 Å². The number of aromatic nitrogens is 1. The molecule has 0 atom stereocenters. The van der Waals surface area contributed by atoms with E-state index in [4.69, 9.17) is 4.42 Å². The van der Waals surface area contributed by atoms with Gasteiger partial charge >= 0.3 is 0 Å². The number of halogens is 2. The first-order valence-corrected chi connectivity index (χ1v) is 12.8. The second-order valence-corrected chi connectivity index (χ2v) is 11.1. The Morgan fingerprint density at radius 2 is 1.70 bits per heavy atom. The normalized spacial score (nSPS) is 12.0. The lowest BCUT2D eigenvalue weighted by Gasteiger charge is -2.08. The van der Waals surface area contributed by atoms with Crippen molar-refractivity contribution in [2.75, 3.05) is 0 Å². The lowest BCUT2D eigenvalue weighted by Crippen LogP contribution is -2.11. The van der Waals surface area contributed by atoms with Gasteiger partial charge in [-0.1, -0.05) is 51.8 Å². The first kappa shape index (κ1) is 21.9. The molecule has 2 aromatic heterocycles. The van der Waals surface area contributed by atoms with Crippen molar-refractivity contribution >= 4 is 63.8 Å². The van der Waals surface area contributed by atoms with E-state index < -0.39 is 21.2 Å². The highest BCUT2D eigenvalue weighted by Gasteiger charge is 2.25. The standard InChI is InChI=1S/C24H15Br2NO5S/c1-13-6-8-15(9-7-13)33(30,31)27-12-17(16-4-2-3-5-19(16)27)24-23(29)22(28)21-18(26)10-14(25)11-20(21)32-24/h2-12,29H,1H3. The SMILES string of the molecule is Cc1ccc(S(=O)(=O)n2cc(-c3oc4cc(Br)cc(Br)c4c(=O)c3O)c3ccccc32)cc1. The summed E-state index contributed by atoms with van der Waals surface area (Å²) in [4.78, 5) is 13.1. The van der Waals surface area contributed by atoms with E-state index in [-0.39, 0.29) is 27.2 Å². The van der Waals surface area contributed by atoms with Gasteiger partial charge < -0.3 is 9.52 Å². The second-order valence-electron chi connectivity index (χ2n) is 7.54. The Morgan fingerprint density at radius 3 is 2.42 bits per heavy atom. The van der Waals surface area contributed by atoms with Crippen molar-refractivity contribution in [3.05, 3.63) is 91.6 Å². The number of fused-ring (bicyclic) bond motifs is 2. The van der Waals surface area contributed by atoms with E-state index in [2.05, 4.69) is 31.9 Å². The Kier molecular flexibility index (Phi) is 5.23. The molecule has 0 amide bonds. The fourth-order valence-corrected chi connectivity index (χ4v) is 6.50. The van der Waals surface area contributed by atoms with Crippen molar-refractivity contribution in [2.24, 2.45) is 0 Å². The van der Waals surface area contributed by atoms with Crippen LogP contribution in [0.1, 0.15) is 5.56 Å². The number of nitrogens with zero attached hydrogens (tertiary/aromatic N) is 1. The summed E-state index contributed by atoms with van der Waals surface area (Å²) in [5.41, 5.74) is 1.24. The van der Waals surface area contributed by atoms with E-state index in [9.17, 15) is 18.3 Å². The third-order valence-electron chi connectivity index (χ3n) is 5.39. The molecule has 3 aromatic carbocycles. The largest absolute Gasteiger partial charge is 0.502 e. The molecule has 5 aromatic rings. The average Bonchev–Trinajstić information content (AvgIpc) is 3.16. The quantitative estimate of drug-likeness (QED) is 0.271. The topological polar surface area (TPSA) is 89.5 Å². The molecule has 0 saturated heterocycles. The third-order valence-corrected chi connectivity index (χ3v) is 8.16. The zero-order valence-electron chi connectivity index (χ0n) is 17.0. The van der Waals surface area contributed by atoms with Gasteiger partial charge in [0.15, 0.2) is 5.76 Å². The first-order valence-electron chi connectivity index (χ1n) is 9.76. The van der Waals surface area contributed by atoms with Gasteiger partial charge in [0.25, 0.3) is 10.0 Å². The number of aromatic hydroxyl groups is 1. The number of hydrogen-bond donors (Lipinski definition) is 1. The lowest BCUT2D eigenvalue weighted by atomic mass is 10.1. The first-order chi connectivity index (χ1) is 15.7. The molecule has 0 aliphatic rings. The molecule has 0 spiro atoms. The van der Waals surface area contributed by atoms with Crippen molar-refractivity contribution in [1.29, 1.82) is 0 Å². The molecular weight excluding hydrogens is 574 g/mol. The summed E-state index contributed by atoms with van der Waals surface area (Å²) < 4.78 is 35.1. The van der Waals surface area contributed by atoms with Crippen molar-refractivity contribution in [3.63, 3.8) is 0 Å². The molecule has 6 nitrogen and oxygen atoms in total. The maximum Gasteiger partial charge on any atom is 0.268 e. The third kappa shape index (κ3) is 3.51. The molecule has 2 heterocycles. The van der Waals surface area contributed by atoms with Gasteiger partial charge in [0, 0.05) is 26.1 Å². The monoisotopic (exact) mass is 587 g/mol. The number of benzene rings is 3. The zero-order valence-corrected chi connectivity index (χ0v) is 21.0. The minimum absolute atomic E-state index is 0.105. The summed E-state index contributed by atoms with van der Waals surface area (Å²) in [7, 11) is -3.95. The average molecular weight is 589 g/mol. The Morgan fingerprint density at radius 1 is 1.00 bits per heavy atom. The Hall–Kier alpha value is -2.88. The smallest absolute Gasteiger partial charge is 0.268 e. The van der Waals surface area contributed by atoms with Crippen molar-refractivity contribution in [2.45, 2.75) is 11.8 Å². The van der Waals surface area contributed by atoms with Crippen LogP contribution in [0.15, 0.2) is 89.9 Å². The van der Waals surface area contributed by atoms with Crippen LogP contribution in [0.2, 0.25) is 0 Å². The molecule has 0 unspecified atom stereocenters. The second kappa shape index (κ2) is 7.86. The van der Waals surface area contributed by atoms with Crippen LogP contribution in [0, 0.1) is 6.92 Å². The summed E-state index contributed by atoms with van der Waals surface area (Å²) >= 11 is 6.70. The van der Waals surface area contributed by atoms with Crippen LogP contribution in [-0.2, 0) is 10.0 Å². The minimum Gasteiger partial charge on any atom is -0.502 e. The Balaban J connectivity index is 1.83. The predicted octanol–water partition coefficient (Wildman–Crippen LogP) is 6.19. The molecule has 0 saturated carbocycles. The molecule has 1 N–H and O–H groups in total. The van der Waals surface area contributed by atoms with Crippen LogP contribution in [0.5, 0.6) is 5.75 Å². The number of para-hydroxylation sites is 1. The highest BCUT2D eigenvalue weighted by molar-refractivity contribution is 9.11. The molecule has 9 heteroatoms. The van der Waals surface area contributed by atoms with Gasteiger partial charge in [-0.2, -0.15) is 0 Å². The molecule has 0 fully saturated rings. The van der Waals surface area contributed by atoms with Gasteiger partial charge in [-0.05, 0) is 53.2 Å². The molecule has 0 bridgehead atoms. The fraction of sp³-hybridized carbons (Fsp3) is 0.0417. The van der Waals surface area contributed by atoms with Crippen LogP contribution in [0.25, 0.3) is 33.2 Å². The van der Waals surface area contributed by atoms with Crippen LogP contribution in [0.3, 0.4) is 0 Å². The number of rotatable bonds is 3. The molecular formula is C24H15Br2NO5S. The van der Waals surface area contributed by atoms with Gasteiger partial charge in [-0.25, -0.2) is 12.4 Å². The summed E-state index contributed by atoms with van der Waals surface area (Å²) in [5.74, 6) is -0.701. The number of aryl methyl sites for hydroxylation is 1. The summed E-state index contributed by atoms with van der Waals surface area (Å²) in [6, 6.07) is 16.7. The summed E-state index contributed by atoms with van der Waals surface area (Å²) in [6.07, 6.45) is 1.37. The van der Waals surface area contributed by atoms with Crippen LogP contribution in [-0.4, -0.2) is 17.5 Å². The van der Waals surface area contributed by atoms with Crippen molar-refractivity contribution < 1.29 is 17.9 Å². The molecule has 166 valence electrons. The van der Waals surface area contributed by atoms with Gasteiger partial charge in [0.1, 0.15) is 5.58 Å². The summed E-state index contributed by atoms with van der Waals surface area (Å²) in [6.45, 7) is 1.88. The highest BCUT2D eigenvalue weighted by atomic mass is 79.9. The van der Waals surface area contributed by atoms with Crippen LogP contribution >= 0.6 is 31.9 Å². The van der Waals surface area contributed by atoms with E-state index >= 15 is 0 Å². The van der Waals surface area contributed by atoms with Gasteiger partial charge in [0.2, 0.25) is 11.2 Å². The summed E-state index contributed by atoms with van der Waals surface area (Å²) in [5, 5.41) is 11.5. The van der Waals surface area contributed by atoms with Crippen LogP contribution < -0.4 is 5.43 Å². The minimum atomic E-state index is -3.95. The highest BCUT2D eigenvalue weighted by Crippen LogP contribution is 2.39. The lowest BCUT2D eigenvalue weighted by molar-refractivity contribution is 0.449. The number of hydrogen-bond acceptors (Lipinski definition) is 5. The fourth-order valence-electron chi connectivity index (χ4n) is 3.77. The van der Waals surface area contributed by atoms with E-state index in [1.807, 2.05) is 6.92 Å². The van der Waals surface area contributed by atoms with Crippen molar-refractivity contribution in [3.8, 4) is 17.1 Å². The molecule has 0 aliphatic carbocycles. The van der Waals surface area contributed by atoms with E-state index in [1.54, 1.807) is 60.7 Å². The predicted molar refractivity (Wildman–Crippen MR) is 134 cm³/mol. The van der Waals surface area contributed by atoms with Gasteiger partial charge in [-0.15, -0.1) is 0 Å².